The standard InChI is InChI=1S/C18H17F2N3O2S/c19-13-2-1-3-14(20)12(13)10-23-17(25)16-15(6-9-26-16)21-18(23)22-7-4-11(24)5-8-22/h1-3,6,9,11,24H,4-5,7-8,10H2. The number of anilines is 1. The zero-order chi connectivity index (χ0) is 18.3. The lowest BCUT2D eigenvalue weighted by molar-refractivity contribution is 0.145. The highest BCUT2D eigenvalue weighted by molar-refractivity contribution is 7.17. The van der Waals surface area contributed by atoms with E-state index in [0.29, 0.717) is 42.1 Å². The molecule has 1 aliphatic heterocycles. The van der Waals surface area contributed by atoms with Gasteiger partial charge in [0.15, 0.2) is 0 Å². The second-order valence-corrected chi connectivity index (χ2v) is 7.27. The minimum atomic E-state index is -0.691. The predicted molar refractivity (Wildman–Crippen MR) is 96.8 cm³/mol. The summed E-state index contributed by atoms with van der Waals surface area (Å²) in [6.45, 7) is 0.832. The number of hydrogen-bond donors (Lipinski definition) is 1. The number of rotatable bonds is 3. The fourth-order valence-electron chi connectivity index (χ4n) is 3.22. The van der Waals surface area contributed by atoms with E-state index in [2.05, 4.69) is 4.98 Å². The molecule has 26 heavy (non-hydrogen) atoms. The highest BCUT2D eigenvalue weighted by Gasteiger charge is 2.24. The van der Waals surface area contributed by atoms with Crippen LogP contribution in [-0.4, -0.2) is 33.9 Å². The average molecular weight is 377 g/mol. The smallest absolute Gasteiger partial charge is 0.273 e. The zero-order valence-electron chi connectivity index (χ0n) is 13.9. The maximum Gasteiger partial charge on any atom is 0.273 e. The van der Waals surface area contributed by atoms with Gasteiger partial charge >= 0.3 is 0 Å². The first-order valence-corrected chi connectivity index (χ1v) is 9.26. The van der Waals surface area contributed by atoms with Gasteiger partial charge in [-0.3, -0.25) is 9.36 Å². The van der Waals surface area contributed by atoms with Crippen molar-refractivity contribution in [1.29, 1.82) is 0 Å². The van der Waals surface area contributed by atoms with E-state index in [9.17, 15) is 18.7 Å². The third-order valence-electron chi connectivity index (χ3n) is 4.67. The Kier molecular flexibility index (Phi) is 4.46. The monoisotopic (exact) mass is 377 g/mol. The van der Waals surface area contributed by atoms with E-state index >= 15 is 0 Å². The molecule has 1 N–H and O–H groups in total. The van der Waals surface area contributed by atoms with Crippen molar-refractivity contribution >= 4 is 27.5 Å². The Balaban J connectivity index is 1.85. The van der Waals surface area contributed by atoms with Gasteiger partial charge in [0, 0.05) is 18.7 Å². The Morgan fingerprint density at radius 3 is 2.58 bits per heavy atom. The Bertz CT molecular complexity index is 989. The van der Waals surface area contributed by atoms with Crippen LogP contribution in [0, 0.1) is 11.6 Å². The van der Waals surface area contributed by atoms with Crippen LogP contribution in [0.5, 0.6) is 0 Å². The van der Waals surface area contributed by atoms with Gasteiger partial charge in [-0.15, -0.1) is 11.3 Å². The molecule has 5 nitrogen and oxygen atoms in total. The molecule has 0 unspecified atom stereocenters. The number of fused-ring (bicyclic) bond motifs is 1. The first-order chi connectivity index (χ1) is 12.5. The molecule has 1 aromatic carbocycles. The normalized spacial score (nSPS) is 15.7. The number of aliphatic hydroxyl groups is 1. The van der Waals surface area contributed by atoms with Gasteiger partial charge in [-0.1, -0.05) is 6.07 Å². The molecular formula is C18H17F2N3O2S. The molecule has 8 heteroatoms. The van der Waals surface area contributed by atoms with Crippen molar-refractivity contribution in [2.24, 2.45) is 0 Å². The zero-order valence-corrected chi connectivity index (χ0v) is 14.7. The summed E-state index contributed by atoms with van der Waals surface area (Å²) in [7, 11) is 0. The summed E-state index contributed by atoms with van der Waals surface area (Å²) in [6.07, 6.45) is 0.748. The molecule has 0 spiro atoms. The fraction of sp³-hybridized carbons (Fsp3) is 0.333. The van der Waals surface area contributed by atoms with Crippen molar-refractivity contribution in [1.82, 2.24) is 9.55 Å². The molecule has 0 saturated carbocycles. The van der Waals surface area contributed by atoms with Crippen LogP contribution < -0.4 is 10.5 Å². The lowest BCUT2D eigenvalue weighted by Gasteiger charge is -2.32. The van der Waals surface area contributed by atoms with Crippen molar-refractivity contribution in [3.8, 4) is 0 Å². The van der Waals surface area contributed by atoms with E-state index in [1.54, 1.807) is 11.4 Å². The van der Waals surface area contributed by atoms with Crippen LogP contribution in [0.2, 0.25) is 0 Å². The molecule has 136 valence electrons. The van der Waals surface area contributed by atoms with E-state index in [0.717, 1.165) is 0 Å². The van der Waals surface area contributed by atoms with Crippen molar-refractivity contribution in [3.05, 3.63) is 57.2 Å². The van der Waals surface area contributed by atoms with Crippen LogP contribution in [-0.2, 0) is 6.54 Å². The molecule has 2 aromatic heterocycles. The number of benzene rings is 1. The molecule has 1 saturated heterocycles. The van der Waals surface area contributed by atoms with Crippen molar-refractivity contribution in [2.75, 3.05) is 18.0 Å². The predicted octanol–water partition coefficient (Wildman–Crippen LogP) is 2.75. The van der Waals surface area contributed by atoms with Gasteiger partial charge in [-0.2, -0.15) is 0 Å². The van der Waals surface area contributed by atoms with E-state index in [1.165, 1.54) is 34.1 Å². The van der Waals surface area contributed by atoms with Gasteiger partial charge in [0.25, 0.3) is 5.56 Å². The largest absolute Gasteiger partial charge is 0.393 e. The highest BCUT2D eigenvalue weighted by Crippen LogP contribution is 2.24. The molecule has 0 atom stereocenters. The average Bonchev–Trinajstić information content (AvgIpc) is 3.09. The minimum Gasteiger partial charge on any atom is -0.393 e. The van der Waals surface area contributed by atoms with Crippen LogP contribution in [0.4, 0.5) is 14.7 Å². The second-order valence-electron chi connectivity index (χ2n) is 6.36. The Morgan fingerprint density at radius 2 is 1.88 bits per heavy atom. The number of piperidine rings is 1. The van der Waals surface area contributed by atoms with Crippen molar-refractivity contribution in [2.45, 2.75) is 25.5 Å². The number of thiophene rings is 1. The maximum atomic E-state index is 14.1. The summed E-state index contributed by atoms with van der Waals surface area (Å²) in [5.74, 6) is -0.998. The molecule has 3 heterocycles. The maximum absolute atomic E-state index is 14.1. The van der Waals surface area contributed by atoms with Gasteiger partial charge in [-0.05, 0) is 36.4 Å². The van der Waals surface area contributed by atoms with Crippen LogP contribution in [0.25, 0.3) is 10.2 Å². The number of aliphatic hydroxyl groups excluding tert-OH is 1. The topological polar surface area (TPSA) is 58.4 Å². The van der Waals surface area contributed by atoms with E-state index in [-0.39, 0.29) is 23.8 Å². The van der Waals surface area contributed by atoms with Crippen LogP contribution >= 0.6 is 11.3 Å². The molecule has 0 aliphatic carbocycles. The molecule has 1 fully saturated rings. The number of halogens is 2. The van der Waals surface area contributed by atoms with E-state index in [4.69, 9.17) is 0 Å². The number of hydrogen-bond acceptors (Lipinski definition) is 5. The highest BCUT2D eigenvalue weighted by atomic mass is 32.1. The first kappa shape index (κ1) is 17.1. The van der Waals surface area contributed by atoms with Gasteiger partial charge in [0.1, 0.15) is 16.3 Å². The molecule has 1 aliphatic rings. The van der Waals surface area contributed by atoms with Crippen LogP contribution in [0.3, 0.4) is 0 Å². The molecular weight excluding hydrogens is 360 g/mol. The van der Waals surface area contributed by atoms with Crippen LogP contribution in [0.1, 0.15) is 18.4 Å². The Labute approximate surface area is 152 Å². The van der Waals surface area contributed by atoms with E-state index < -0.39 is 11.6 Å². The lowest BCUT2D eigenvalue weighted by atomic mass is 10.1. The second kappa shape index (κ2) is 6.77. The third kappa shape index (κ3) is 2.99. The number of aromatic nitrogens is 2. The SMILES string of the molecule is O=c1c2sccc2nc(N2CCC(O)CC2)n1Cc1c(F)cccc1F. The Hall–Kier alpha value is -2.32. The quantitative estimate of drug-likeness (QED) is 0.763. The van der Waals surface area contributed by atoms with Gasteiger partial charge < -0.3 is 10.0 Å². The van der Waals surface area contributed by atoms with E-state index in [1.807, 2.05) is 4.90 Å². The van der Waals surface area contributed by atoms with Gasteiger partial charge in [0.2, 0.25) is 5.95 Å². The molecule has 0 bridgehead atoms. The molecule has 0 amide bonds. The first-order valence-electron chi connectivity index (χ1n) is 8.38. The van der Waals surface area contributed by atoms with Crippen LogP contribution in [0.15, 0.2) is 34.4 Å². The minimum absolute atomic E-state index is 0.161. The molecule has 4 rings (SSSR count). The summed E-state index contributed by atoms with van der Waals surface area (Å²) >= 11 is 1.26. The number of nitrogens with zero attached hydrogens (tertiary/aromatic N) is 3. The summed E-state index contributed by atoms with van der Waals surface area (Å²) < 4.78 is 30.0. The molecule has 0 radical (unpaired) electrons. The summed E-state index contributed by atoms with van der Waals surface area (Å²) in [5.41, 5.74) is 0.103. The van der Waals surface area contributed by atoms with Crippen molar-refractivity contribution < 1.29 is 13.9 Å². The Morgan fingerprint density at radius 1 is 1.19 bits per heavy atom. The van der Waals surface area contributed by atoms with Crippen molar-refractivity contribution in [3.63, 3.8) is 0 Å². The molecule has 3 aromatic rings. The fourth-order valence-corrected chi connectivity index (χ4v) is 4.00. The lowest BCUT2D eigenvalue weighted by Crippen LogP contribution is -2.40. The van der Waals surface area contributed by atoms with Gasteiger partial charge in [0.05, 0.1) is 18.2 Å². The third-order valence-corrected chi connectivity index (χ3v) is 5.56. The summed E-state index contributed by atoms with van der Waals surface area (Å²) in [4.78, 5) is 19.4. The summed E-state index contributed by atoms with van der Waals surface area (Å²) in [6, 6.07) is 5.41. The summed E-state index contributed by atoms with van der Waals surface area (Å²) in [5, 5.41) is 11.5. The van der Waals surface area contributed by atoms with Gasteiger partial charge in [-0.25, -0.2) is 13.8 Å².